The second kappa shape index (κ2) is 6.79. The van der Waals surface area contributed by atoms with Gasteiger partial charge in [0.25, 0.3) is 5.91 Å². The zero-order valence-corrected chi connectivity index (χ0v) is 12.6. The van der Waals surface area contributed by atoms with Gasteiger partial charge in [0.15, 0.2) is 6.61 Å². The number of esters is 1. The van der Waals surface area contributed by atoms with E-state index in [9.17, 15) is 9.59 Å². The first-order valence-corrected chi connectivity index (χ1v) is 7.68. The summed E-state index contributed by atoms with van der Waals surface area (Å²) in [4.78, 5) is 24.0. The molecule has 0 atom stereocenters. The van der Waals surface area contributed by atoms with Crippen LogP contribution in [0.25, 0.3) is 0 Å². The van der Waals surface area contributed by atoms with Gasteiger partial charge in [-0.1, -0.05) is 17.7 Å². The van der Waals surface area contributed by atoms with Crippen LogP contribution in [0.5, 0.6) is 0 Å². The Kier molecular flexibility index (Phi) is 5.06. The van der Waals surface area contributed by atoms with Crippen molar-refractivity contribution < 1.29 is 14.3 Å². The molecule has 0 spiro atoms. The number of hydrogen-bond donors (Lipinski definition) is 1. The van der Waals surface area contributed by atoms with Gasteiger partial charge in [-0.05, 0) is 38.3 Å². The first-order valence-electron chi connectivity index (χ1n) is 6.69. The minimum absolute atomic E-state index is 0.178. The largest absolute Gasteiger partial charge is 0.455 e. The summed E-state index contributed by atoms with van der Waals surface area (Å²) < 4.78 is 4.95. The van der Waals surface area contributed by atoms with Gasteiger partial charge in [-0.15, -0.1) is 11.8 Å². The fraction of sp³-hybridized carbons (Fsp3) is 0.467. The quantitative estimate of drug-likeness (QED) is 0.645. The highest BCUT2D eigenvalue weighted by molar-refractivity contribution is 8.00. The molecule has 0 radical (unpaired) electrons. The zero-order valence-electron chi connectivity index (χ0n) is 11.8. The van der Waals surface area contributed by atoms with Crippen molar-refractivity contribution in [3.05, 3.63) is 29.3 Å². The lowest BCUT2D eigenvalue weighted by Gasteiger charge is -2.07. The summed E-state index contributed by atoms with van der Waals surface area (Å²) in [5.74, 6) is -0.347. The molecule has 1 aromatic carbocycles. The maximum absolute atomic E-state index is 11.6. The molecule has 5 heteroatoms. The lowest BCUT2D eigenvalue weighted by molar-refractivity contribution is -0.145. The van der Waals surface area contributed by atoms with E-state index >= 15 is 0 Å². The van der Waals surface area contributed by atoms with Gasteiger partial charge in [0.2, 0.25) is 0 Å². The lowest BCUT2D eigenvalue weighted by atomic mass is 10.2. The summed E-state index contributed by atoms with van der Waals surface area (Å²) in [6, 6.07) is 6.42. The molecule has 4 nitrogen and oxygen atoms in total. The van der Waals surface area contributed by atoms with Crippen molar-refractivity contribution in [1.82, 2.24) is 5.32 Å². The average molecular weight is 293 g/mol. The Morgan fingerprint density at radius 1 is 1.35 bits per heavy atom. The molecule has 1 aromatic rings. The Bertz CT molecular complexity index is 512. The molecule has 1 aliphatic rings. The minimum Gasteiger partial charge on any atom is -0.455 e. The number of nitrogens with one attached hydrogen (secondary N) is 1. The molecule has 1 saturated carbocycles. The third-order valence-corrected chi connectivity index (χ3v) is 4.13. The van der Waals surface area contributed by atoms with Gasteiger partial charge >= 0.3 is 5.97 Å². The Hall–Kier alpha value is -1.49. The zero-order chi connectivity index (χ0) is 14.5. The van der Waals surface area contributed by atoms with Gasteiger partial charge < -0.3 is 10.1 Å². The molecule has 108 valence electrons. The van der Waals surface area contributed by atoms with Gasteiger partial charge in [0.05, 0.1) is 5.75 Å². The Labute approximate surface area is 123 Å². The maximum atomic E-state index is 11.6. The number of rotatable bonds is 6. The number of benzene rings is 1. The highest BCUT2D eigenvalue weighted by atomic mass is 32.2. The topological polar surface area (TPSA) is 55.4 Å². The summed E-state index contributed by atoms with van der Waals surface area (Å²) in [6.07, 6.45) is 2.06. The highest BCUT2D eigenvalue weighted by Gasteiger charge is 2.23. The molecule has 2 rings (SSSR count). The van der Waals surface area contributed by atoms with Crippen molar-refractivity contribution >= 4 is 23.6 Å². The highest BCUT2D eigenvalue weighted by Crippen LogP contribution is 2.23. The molecule has 1 fully saturated rings. The molecule has 0 heterocycles. The number of aryl methyl sites for hydroxylation is 2. The number of ether oxygens (including phenoxy) is 1. The van der Waals surface area contributed by atoms with Crippen LogP contribution in [0.4, 0.5) is 0 Å². The third-order valence-electron chi connectivity index (χ3n) is 3.00. The van der Waals surface area contributed by atoms with Crippen LogP contribution < -0.4 is 5.32 Å². The van der Waals surface area contributed by atoms with Crippen LogP contribution in [0.2, 0.25) is 0 Å². The van der Waals surface area contributed by atoms with Gasteiger partial charge in [0, 0.05) is 10.9 Å². The molecular weight excluding hydrogens is 274 g/mol. The van der Waals surface area contributed by atoms with Crippen LogP contribution in [0, 0.1) is 13.8 Å². The summed E-state index contributed by atoms with van der Waals surface area (Å²) in [5.41, 5.74) is 2.30. The fourth-order valence-electron chi connectivity index (χ4n) is 1.68. The SMILES string of the molecule is Cc1ccc(C)c(SCC(=O)OCC(=O)NC2CC2)c1. The van der Waals surface area contributed by atoms with Crippen molar-refractivity contribution in [2.75, 3.05) is 12.4 Å². The van der Waals surface area contributed by atoms with E-state index in [-0.39, 0.29) is 24.2 Å². The van der Waals surface area contributed by atoms with Crippen LogP contribution in [0.15, 0.2) is 23.1 Å². The predicted molar refractivity (Wildman–Crippen MR) is 78.8 cm³/mol. The second-order valence-electron chi connectivity index (χ2n) is 5.06. The van der Waals surface area contributed by atoms with Gasteiger partial charge in [-0.25, -0.2) is 0 Å². The smallest absolute Gasteiger partial charge is 0.316 e. The standard InChI is InChI=1S/C15H19NO3S/c1-10-3-4-11(2)13(7-10)20-9-15(18)19-8-14(17)16-12-5-6-12/h3-4,7,12H,5-6,8-9H2,1-2H3,(H,16,17). The number of carbonyl (C=O) groups is 2. The fourth-order valence-corrected chi connectivity index (χ4v) is 2.61. The number of thioether (sulfide) groups is 1. The Morgan fingerprint density at radius 3 is 2.80 bits per heavy atom. The maximum Gasteiger partial charge on any atom is 0.316 e. The first-order chi connectivity index (χ1) is 9.54. The molecular formula is C15H19NO3S. The monoisotopic (exact) mass is 293 g/mol. The summed E-state index contributed by atoms with van der Waals surface area (Å²) >= 11 is 1.44. The Balaban J connectivity index is 1.71. The average Bonchev–Trinajstić information content (AvgIpc) is 3.21. The van der Waals surface area contributed by atoms with E-state index in [1.807, 2.05) is 32.0 Å². The Morgan fingerprint density at radius 2 is 2.10 bits per heavy atom. The summed E-state index contributed by atoms with van der Waals surface area (Å²) in [7, 11) is 0. The van der Waals surface area contributed by atoms with Crippen LogP contribution in [-0.2, 0) is 14.3 Å². The normalized spacial score (nSPS) is 13.9. The van der Waals surface area contributed by atoms with E-state index < -0.39 is 0 Å². The molecule has 0 aromatic heterocycles. The molecule has 20 heavy (non-hydrogen) atoms. The van der Waals surface area contributed by atoms with E-state index in [1.165, 1.54) is 11.8 Å². The van der Waals surface area contributed by atoms with Crippen LogP contribution in [0.3, 0.4) is 0 Å². The first kappa shape index (κ1) is 14.9. The van der Waals surface area contributed by atoms with Crippen LogP contribution in [0.1, 0.15) is 24.0 Å². The van der Waals surface area contributed by atoms with Crippen molar-refractivity contribution in [3.8, 4) is 0 Å². The van der Waals surface area contributed by atoms with Crippen LogP contribution >= 0.6 is 11.8 Å². The molecule has 0 saturated heterocycles. The van der Waals surface area contributed by atoms with E-state index in [4.69, 9.17) is 4.74 Å². The van der Waals surface area contributed by atoms with Crippen LogP contribution in [-0.4, -0.2) is 30.3 Å². The third kappa shape index (κ3) is 4.89. The minimum atomic E-state index is -0.359. The molecule has 1 N–H and O–H groups in total. The predicted octanol–water partition coefficient (Wildman–Crippen LogP) is 2.22. The van der Waals surface area contributed by atoms with Crippen molar-refractivity contribution in [2.24, 2.45) is 0 Å². The number of hydrogen-bond acceptors (Lipinski definition) is 4. The summed E-state index contributed by atoms with van der Waals surface area (Å²) in [5, 5.41) is 2.78. The second-order valence-corrected chi connectivity index (χ2v) is 6.08. The van der Waals surface area contributed by atoms with E-state index in [0.717, 1.165) is 28.9 Å². The van der Waals surface area contributed by atoms with E-state index in [2.05, 4.69) is 5.32 Å². The molecule has 0 aliphatic heterocycles. The lowest BCUT2D eigenvalue weighted by Crippen LogP contribution is -2.30. The molecule has 0 bridgehead atoms. The van der Waals surface area contributed by atoms with E-state index in [0.29, 0.717) is 6.04 Å². The van der Waals surface area contributed by atoms with Crippen molar-refractivity contribution in [2.45, 2.75) is 37.6 Å². The number of carbonyl (C=O) groups excluding carboxylic acids is 2. The molecule has 1 aliphatic carbocycles. The molecule has 0 unspecified atom stereocenters. The van der Waals surface area contributed by atoms with Gasteiger partial charge in [-0.2, -0.15) is 0 Å². The molecule has 1 amide bonds. The van der Waals surface area contributed by atoms with Crippen molar-refractivity contribution in [1.29, 1.82) is 0 Å². The van der Waals surface area contributed by atoms with Gasteiger partial charge in [-0.3, -0.25) is 9.59 Å². The van der Waals surface area contributed by atoms with Crippen molar-refractivity contribution in [3.63, 3.8) is 0 Å². The summed E-state index contributed by atoms with van der Waals surface area (Å²) in [6.45, 7) is 3.85. The van der Waals surface area contributed by atoms with E-state index in [1.54, 1.807) is 0 Å². The van der Waals surface area contributed by atoms with Gasteiger partial charge in [0.1, 0.15) is 0 Å². The number of amides is 1.